The summed E-state index contributed by atoms with van der Waals surface area (Å²) in [5.41, 5.74) is 2.69. The van der Waals surface area contributed by atoms with Gasteiger partial charge in [0.05, 0.1) is 6.04 Å². The van der Waals surface area contributed by atoms with Crippen molar-refractivity contribution in [3.05, 3.63) is 34.9 Å². The lowest BCUT2D eigenvalue weighted by Crippen LogP contribution is -2.37. The summed E-state index contributed by atoms with van der Waals surface area (Å²) in [4.78, 5) is 36.4. The third-order valence-electron chi connectivity index (χ3n) is 3.73. The molecule has 2 rings (SSSR count). The van der Waals surface area contributed by atoms with E-state index in [1.807, 2.05) is 19.1 Å². The number of hydrogen-bond acceptors (Lipinski definition) is 3. The third-order valence-corrected chi connectivity index (χ3v) is 3.73. The molecule has 1 unspecified atom stereocenters. The number of rotatable bonds is 5. The largest absolute Gasteiger partial charge is 0.359 e. The Hall–Kier alpha value is -2.17. The third kappa shape index (κ3) is 2.57. The number of aldehydes is 1. The zero-order chi connectivity index (χ0) is 14.7. The molecule has 106 valence electrons. The molecule has 1 aromatic rings. The predicted molar refractivity (Wildman–Crippen MR) is 74.2 cm³/mol. The second-order valence-electron chi connectivity index (χ2n) is 4.95. The number of amides is 2. The van der Waals surface area contributed by atoms with E-state index in [-0.39, 0.29) is 18.2 Å². The number of nitrogens with one attached hydrogen (secondary N) is 1. The molecule has 5 nitrogen and oxygen atoms in total. The number of hydrogen-bond donors (Lipinski definition) is 1. The molecule has 20 heavy (non-hydrogen) atoms. The number of benzene rings is 1. The summed E-state index contributed by atoms with van der Waals surface area (Å²) in [6.45, 7) is 2.40. The first-order valence-electron chi connectivity index (χ1n) is 6.63. The van der Waals surface area contributed by atoms with Crippen molar-refractivity contribution in [1.82, 2.24) is 10.2 Å². The predicted octanol–water partition coefficient (Wildman–Crippen LogP) is 1.04. The fourth-order valence-electron chi connectivity index (χ4n) is 2.48. The SMILES string of the molecule is CNC(=O)CCC(C=O)N1Cc2c(C)cccc2C1=O. The fourth-order valence-corrected chi connectivity index (χ4v) is 2.48. The van der Waals surface area contributed by atoms with Gasteiger partial charge in [0.2, 0.25) is 5.91 Å². The van der Waals surface area contributed by atoms with E-state index in [9.17, 15) is 14.4 Å². The summed E-state index contributed by atoms with van der Waals surface area (Å²) in [6.07, 6.45) is 1.34. The fraction of sp³-hybridized carbons (Fsp3) is 0.400. The first-order chi connectivity index (χ1) is 9.58. The molecule has 1 aliphatic rings. The maximum atomic E-state index is 12.3. The Bertz CT molecular complexity index is 554. The minimum Gasteiger partial charge on any atom is -0.359 e. The van der Waals surface area contributed by atoms with Gasteiger partial charge in [-0.05, 0) is 30.5 Å². The molecule has 0 aromatic heterocycles. The van der Waals surface area contributed by atoms with Crippen LogP contribution in [0.5, 0.6) is 0 Å². The van der Waals surface area contributed by atoms with Crippen molar-refractivity contribution in [3.8, 4) is 0 Å². The molecule has 1 aromatic carbocycles. The molecule has 0 saturated heterocycles. The molecule has 0 spiro atoms. The molecule has 0 bridgehead atoms. The number of nitrogens with zero attached hydrogens (tertiary/aromatic N) is 1. The minimum atomic E-state index is -0.549. The van der Waals surface area contributed by atoms with E-state index in [1.165, 1.54) is 0 Å². The van der Waals surface area contributed by atoms with Crippen LogP contribution in [-0.4, -0.2) is 36.1 Å². The van der Waals surface area contributed by atoms with Gasteiger partial charge in [0.15, 0.2) is 0 Å². The minimum absolute atomic E-state index is 0.127. The van der Waals surface area contributed by atoms with E-state index in [0.717, 1.165) is 17.4 Å². The van der Waals surface area contributed by atoms with Crippen LogP contribution < -0.4 is 5.32 Å². The van der Waals surface area contributed by atoms with Crippen molar-refractivity contribution in [3.63, 3.8) is 0 Å². The number of carbonyl (C=O) groups excluding carboxylic acids is 3. The van der Waals surface area contributed by atoms with Gasteiger partial charge < -0.3 is 15.0 Å². The van der Waals surface area contributed by atoms with Crippen LogP contribution >= 0.6 is 0 Å². The van der Waals surface area contributed by atoms with Crippen molar-refractivity contribution < 1.29 is 14.4 Å². The lowest BCUT2D eigenvalue weighted by Gasteiger charge is -2.22. The van der Waals surface area contributed by atoms with Gasteiger partial charge in [-0.25, -0.2) is 0 Å². The lowest BCUT2D eigenvalue weighted by atomic mass is 10.1. The summed E-state index contributed by atoms with van der Waals surface area (Å²) in [5, 5.41) is 2.51. The van der Waals surface area contributed by atoms with Gasteiger partial charge in [0.25, 0.3) is 5.91 Å². The molecular formula is C15H18N2O3. The van der Waals surface area contributed by atoms with Gasteiger partial charge in [-0.3, -0.25) is 9.59 Å². The number of fused-ring (bicyclic) bond motifs is 1. The molecule has 0 radical (unpaired) electrons. The average Bonchev–Trinajstić information content (AvgIpc) is 2.79. The van der Waals surface area contributed by atoms with Crippen LogP contribution in [0.15, 0.2) is 18.2 Å². The molecule has 5 heteroatoms. The Morgan fingerprint density at radius 2 is 2.25 bits per heavy atom. The van der Waals surface area contributed by atoms with Gasteiger partial charge in [-0.15, -0.1) is 0 Å². The Labute approximate surface area is 118 Å². The van der Waals surface area contributed by atoms with Gasteiger partial charge >= 0.3 is 0 Å². The highest BCUT2D eigenvalue weighted by atomic mass is 16.2. The van der Waals surface area contributed by atoms with Crippen LogP contribution in [-0.2, 0) is 16.1 Å². The summed E-state index contributed by atoms with van der Waals surface area (Å²) in [5.74, 6) is -0.255. The topological polar surface area (TPSA) is 66.5 Å². The first kappa shape index (κ1) is 14.2. The summed E-state index contributed by atoms with van der Waals surface area (Å²) >= 11 is 0. The summed E-state index contributed by atoms with van der Waals surface area (Å²) in [7, 11) is 1.55. The molecule has 2 amide bonds. The molecule has 1 N–H and O–H groups in total. The lowest BCUT2D eigenvalue weighted by molar-refractivity contribution is -0.121. The van der Waals surface area contributed by atoms with E-state index < -0.39 is 6.04 Å². The van der Waals surface area contributed by atoms with E-state index >= 15 is 0 Å². The van der Waals surface area contributed by atoms with Gasteiger partial charge in [0, 0.05) is 25.6 Å². The van der Waals surface area contributed by atoms with Crippen LogP contribution in [0, 0.1) is 6.92 Å². The molecule has 1 atom stereocenters. The second-order valence-corrected chi connectivity index (χ2v) is 4.95. The maximum absolute atomic E-state index is 12.3. The second kappa shape index (κ2) is 5.86. The van der Waals surface area contributed by atoms with E-state index in [2.05, 4.69) is 5.32 Å². The van der Waals surface area contributed by atoms with E-state index in [1.54, 1.807) is 18.0 Å². The normalized spacial score (nSPS) is 14.9. The Kier molecular flexibility index (Phi) is 4.17. The quantitative estimate of drug-likeness (QED) is 0.816. The Balaban J connectivity index is 2.14. The molecule has 0 fully saturated rings. The molecule has 1 aliphatic heterocycles. The molecule has 0 saturated carbocycles. The highest BCUT2D eigenvalue weighted by molar-refractivity contribution is 6.00. The Morgan fingerprint density at radius 3 is 2.85 bits per heavy atom. The van der Waals surface area contributed by atoms with Crippen LogP contribution in [0.3, 0.4) is 0 Å². The summed E-state index contributed by atoms with van der Waals surface area (Å²) < 4.78 is 0. The van der Waals surface area contributed by atoms with Crippen molar-refractivity contribution in [2.24, 2.45) is 0 Å². The molecule has 0 aliphatic carbocycles. The van der Waals surface area contributed by atoms with Gasteiger partial charge in [-0.2, -0.15) is 0 Å². The zero-order valence-electron chi connectivity index (χ0n) is 11.7. The van der Waals surface area contributed by atoms with Crippen LogP contribution in [0.4, 0.5) is 0 Å². The van der Waals surface area contributed by atoms with Gasteiger partial charge in [0.1, 0.15) is 6.29 Å². The average molecular weight is 274 g/mol. The Morgan fingerprint density at radius 1 is 1.50 bits per heavy atom. The van der Waals surface area contributed by atoms with Crippen molar-refractivity contribution in [2.75, 3.05) is 7.05 Å². The highest BCUT2D eigenvalue weighted by Gasteiger charge is 2.33. The van der Waals surface area contributed by atoms with Crippen molar-refractivity contribution in [2.45, 2.75) is 32.4 Å². The maximum Gasteiger partial charge on any atom is 0.255 e. The van der Waals surface area contributed by atoms with E-state index in [4.69, 9.17) is 0 Å². The highest BCUT2D eigenvalue weighted by Crippen LogP contribution is 2.27. The van der Waals surface area contributed by atoms with Crippen LogP contribution in [0.1, 0.15) is 34.3 Å². The van der Waals surface area contributed by atoms with Crippen LogP contribution in [0.25, 0.3) is 0 Å². The van der Waals surface area contributed by atoms with Crippen molar-refractivity contribution in [1.29, 1.82) is 0 Å². The number of carbonyl (C=O) groups is 3. The molecule has 1 heterocycles. The summed E-state index contributed by atoms with van der Waals surface area (Å²) in [6, 6.07) is 5.03. The standard InChI is InChI=1S/C15H18N2O3/c1-10-4-3-5-12-13(10)8-17(15(12)20)11(9-18)6-7-14(19)16-2/h3-5,9,11H,6-8H2,1-2H3,(H,16,19). The number of aryl methyl sites for hydroxylation is 1. The van der Waals surface area contributed by atoms with E-state index in [0.29, 0.717) is 18.5 Å². The van der Waals surface area contributed by atoms with Crippen LogP contribution in [0.2, 0.25) is 0 Å². The smallest absolute Gasteiger partial charge is 0.255 e. The monoisotopic (exact) mass is 274 g/mol. The molecular weight excluding hydrogens is 256 g/mol. The van der Waals surface area contributed by atoms with Gasteiger partial charge in [-0.1, -0.05) is 12.1 Å². The first-order valence-corrected chi connectivity index (χ1v) is 6.63. The van der Waals surface area contributed by atoms with Crippen molar-refractivity contribution >= 4 is 18.1 Å². The zero-order valence-corrected chi connectivity index (χ0v) is 11.7.